The first-order valence-electron chi connectivity index (χ1n) is 11.5. The predicted molar refractivity (Wildman–Crippen MR) is 130 cm³/mol. The lowest BCUT2D eigenvalue weighted by Gasteiger charge is -2.31. The van der Waals surface area contributed by atoms with Crippen LogP contribution in [0.15, 0.2) is 48.0 Å². The number of ether oxygens (including phenoxy) is 2. The van der Waals surface area contributed by atoms with E-state index in [1.165, 1.54) is 0 Å². The van der Waals surface area contributed by atoms with Crippen LogP contribution in [0.1, 0.15) is 29.7 Å². The number of morpholine rings is 1. The van der Waals surface area contributed by atoms with Gasteiger partial charge in [-0.15, -0.1) is 0 Å². The Morgan fingerprint density at radius 1 is 1.12 bits per heavy atom. The molecule has 0 aliphatic carbocycles. The number of hydrogen-bond donors (Lipinski definition) is 1. The second-order valence-corrected chi connectivity index (χ2v) is 8.84. The topological polar surface area (TPSA) is 79.3 Å². The van der Waals surface area contributed by atoms with Gasteiger partial charge >= 0.3 is 0 Å². The smallest absolute Gasteiger partial charge is 0.295 e. The van der Waals surface area contributed by atoms with Crippen LogP contribution in [0, 0.1) is 6.92 Å². The van der Waals surface area contributed by atoms with Gasteiger partial charge in [-0.1, -0.05) is 41.4 Å². The van der Waals surface area contributed by atoms with Crippen molar-refractivity contribution in [2.24, 2.45) is 0 Å². The highest BCUT2D eigenvalue weighted by Crippen LogP contribution is 2.40. The predicted octanol–water partition coefficient (Wildman–Crippen LogP) is 3.80. The van der Waals surface area contributed by atoms with Crippen LogP contribution in [0.25, 0.3) is 5.76 Å². The maximum atomic E-state index is 13.2. The zero-order valence-corrected chi connectivity index (χ0v) is 20.2. The van der Waals surface area contributed by atoms with E-state index in [0.29, 0.717) is 49.2 Å². The van der Waals surface area contributed by atoms with Crippen molar-refractivity contribution in [3.63, 3.8) is 0 Å². The Morgan fingerprint density at radius 3 is 2.47 bits per heavy atom. The number of ketones is 1. The molecule has 1 amide bonds. The Bertz CT molecular complexity index is 1090. The molecule has 0 spiro atoms. The minimum atomic E-state index is -0.699. The summed E-state index contributed by atoms with van der Waals surface area (Å²) < 4.78 is 10.9. The van der Waals surface area contributed by atoms with E-state index in [4.69, 9.17) is 21.1 Å². The molecule has 0 radical (unpaired) electrons. The fourth-order valence-corrected chi connectivity index (χ4v) is 4.59. The molecule has 1 N–H and O–H groups in total. The molecule has 0 bridgehead atoms. The van der Waals surface area contributed by atoms with Gasteiger partial charge in [0, 0.05) is 31.7 Å². The average molecular weight is 485 g/mol. The van der Waals surface area contributed by atoms with Gasteiger partial charge in [-0.3, -0.25) is 14.5 Å². The summed E-state index contributed by atoms with van der Waals surface area (Å²) >= 11 is 6.32. The fourth-order valence-electron chi connectivity index (χ4n) is 4.36. The van der Waals surface area contributed by atoms with Crippen molar-refractivity contribution in [2.75, 3.05) is 46.0 Å². The number of benzene rings is 2. The maximum Gasteiger partial charge on any atom is 0.295 e. The third-order valence-corrected chi connectivity index (χ3v) is 6.49. The number of carbonyl (C=O) groups excluding carboxylic acids is 2. The summed E-state index contributed by atoms with van der Waals surface area (Å²) in [6.07, 6.45) is 0. The zero-order valence-electron chi connectivity index (χ0n) is 19.4. The molecule has 2 aliphatic rings. The molecule has 2 aliphatic heterocycles. The molecular formula is C26H29ClN2O5. The summed E-state index contributed by atoms with van der Waals surface area (Å²) in [4.78, 5) is 30.1. The van der Waals surface area contributed by atoms with E-state index >= 15 is 0 Å². The molecule has 0 aromatic heterocycles. The molecule has 2 aromatic rings. The van der Waals surface area contributed by atoms with E-state index < -0.39 is 17.7 Å². The van der Waals surface area contributed by atoms with Gasteiger partial charge < -0.3 is 19.5 Å². The maximum absolute atomic E-state index is 13.2. The lowest BCUT2D eigenvalue weighted by Crippen LogP contribution is -2.42. The van der Waals surface area contributed by atoms with Crippen LogP contribution in [0.4, 0.5) is 0 Å². The molecule has 1 atom stereocenters. The van der Waals surface area contributed by atoms with Crippen molar-refractivity contribution >= 4 is 29.1 Å². The van der Waals surface area contributed by atoms with E-state index in [-0.39, 0.29) is 11.3 Å². The van der Waals surface area contributed by atoms with E-state index in [9.17, 15) is 14.7 Å². The number of aliphatic hydroxyl groups excluding tert-OH is 1. The lowest BCUT2D eigenvalue weighted by atomic mass is 9.94. The van der Waals surface area contributed by atoms with Gasteiger partial charge in [0.25, 0.3) is 11.7 Å². The van der Waals surface area contributed by atoms with Crippen LogP contribution >= 0.6 is 11.6 Å². The number of Topliss-reactive ketones (excluding diaryl/α,β-unsaturated/α-hetero) is 1. The summed E-state index contributed by atoms with van der Waals surface area (Å²) in [5.41, 5.74) is 2.26. The highest BCUT2D eigenvalue weighted by Gasteiger charge is 2.46. The van der Waals surface area contributed by atoms with Crippen molar-refractivity contribution in [1.29, 1.82) is 0 Å². The van der Waals surface area contributed by atoms with Crippen LogP contribution in [0.2, 0.25) is 5.02 Å². The summed E-state index contributed by atoms with van der Waals surface area (Å²) in [6.45, 7) is 8.13. The van der Waals surface area contributed by atoms with Gasteiger partial charge in [-0.25, -0.2) is 0 Å². The fraction of sp³-hybridized carbons (Fsp3) is 0.385. The number of carbonyl (C=O) groups is 2. The second kappa shape index (κ2) is 10.6. The number of amides is 1. The number of rotatable bonds is 7. The first kappa shape index (κ1) is 24.3. The highest BCUT2D eigenvalue weighted by atomic mass is 35.5. The first-order chi connectivity index (χ1) is 16.4. The molecule has 34 heavy (non-hydrogen) atoms. The van der Waals surface area contributed by atoms with E-state index in [1.807, 2.05) is 38.1 Å². The molecule has 2 fully saturated rings. The Hall–Kier alpha value is -2.87. The number of likely N-dealkylation sites (tertiary alicyclic amines) is 1. The third-order valence-electron chi connectivity index (χ3n) is 6.20. The van der Waals surface area contributed by atoms with Gasteiger partial charge in [-0.05, 0) is 37.6 Å². The van der Waals surface area contributed by atoms with Crippen LogP contribution in [0.3, 0.4) is 0 Å². The number of nitrogens with zero attached hydrogens (tertiary/aromatic N) is 2. The molecule has 2 saturated heterocycles. The van der Waals surface area contributed by atoms with Gasteiger partial charge in [-0.2, -0.15) is 0 Å². The molecule has 0 saturated carbocycles. The monoisotopic (exact) mass is 484 g/mol. The molecule has 2 heterocycles. The summed E-state index contributed by atoms with van der Waals surface area (Å²) in [6, 6.07) is 11.8. The molecule has 2 aromatic carbocycles. The SMILES string of the molecule is CCOc1ccc(/C(O)=C2/C(=O)C(=O)N(CCN3CCOCC3)C2c2ccc(C)cc2)cc1Cl. The van der Waals surface area contributed by atoms with Crippen molar-refractivity contribution in [2.45, 2.75) is 19.9 Å². The molecule has 8 heteroatoms. The average Bonchev–Trinajstić information content (AvgIpc) is 3.09. The van der Waals surface area contributed by atoms with Crippen molar-refractivity contribution < 1.29 is 24.2 Å². The molecule has 1 unspecified atom stereocenters. The minimum Gasteiger partial charge on any atom is -0.507 e. The van der Waals surface area contributed by atoms with E-state index in [1.54, 1.807) is 23.1 Å². The Labute approximate surface area is 204 Å². The Morgan fingerprint density at radius 2 is 1.82 bits per heavy atom. The summed E-state index contributed by atoms with van der Waals surface area (Å²) in [5.74, 6) is -1.07. The van der Waals surface area contributed by atoms with Crippen LogP contribution < -0.4 is 4.74 Å². The number of hydrogen-bond acceptors (Lipinski definition) is 6. The van der Waals surface area contributed by atoms with Crippen molar-refractivity contribution in [3.8, 4) is 5.75 Å². The van der Waals surface area contributed by atoms with Gasteiger partial charge in [0.15, 0.2) is 0 Å². The summed E-state index contributed by atoms with van der Waals surface area (Å²) in [7, 11) is 0. The first-order valence-corrected chi connectivity index (χ1v) is 11.9. The van der Waals surface area contributed by atoms with Crippen molar-refractivity contribution in [1.82, 2.24) is 9.80 Å². The largest absolute Gasteiger partial charge is 0.507 e. The second-order valence-electron chi connectivity index (χ2n) is 8.44. The van der Waals surface area contributed by atoms with Crippen LogP contribution in [-0.2, 0) is 14.3 Å². The summed E-state index contributed by atoms with van der Waals surface area (Å²) in [5, 5.41) is 11.5. The van der Waals surface area contributed by atoms with Crippen LogP contribution in [0.5, 0.6) is 5.75 Å². The number of halogens is 1. The van der Waals surface area contributed by atoms with Crippen LogP contribution in [-0.4, -0.2) is 72.6 Å². The van der Waals surface area contributed by atoms with E-state index in [2.05, 4.69) is 4.90 Å². The zero-order chi connectivity index (χ0) is 24.2. The van der Waals surface area contributed by atoms with Gasteiger partial charge in [0.05, 0.1) is 36.5 Å². The Kier molecular flexibility index (Phi) is 7.56. The molecular weight excluding hydrogens is 456 g/mol. The van der Waals surface area contributed by atoms with Gasteiger partial charge in [0.1, 0.15) is 11.5 Å². The van der Waals surface area contributed by atoms with E-state index in [0.717, 1.165) is 24.2 Å². The third kappa shape index (κ3) is 4.97. The van der Waals surface area contributed by atoms with Gasteiger partial charge in [0.2, 0.25) is 0 Å². The van der Waals surface area contributed by atoms with Crippen molar-refractivity contribution in [3.05, 3.63) is 69.8 Å². The lowest BCUT2D eigenvalue weighted by molar-refractivity contribution is -0.140. The minimum absolute atomic E-state index is 0.0658. The number of aliphatic hydroxyl groups is 1. The molecule has 180 valence electrons. The Balaban J connectivity index is 1.73. The number of aryl methyl sites for hydroxylation is 1. The normalized spacial score (nSPS) is 20.7. The standard InChI is InChI=1S/C26H29ClN2O5/c1-3-34-21-9-8-19(16-20(21)27)24(30)22-23(18-6-4-17(2)5-7-18)29(26(32)25(22)31)11-10-28-12-14-33-15-13-28/h4-9,16,23,30H,3,10-15H2,1-2H3/b24-22-. The highest BCUT2D eigenvalue weighted by molar-refractivity contribution is 6.46. The molecule has 4 rings (SSSR count). The quantitative estimate of drug-likeness (QED) is 0.366. The molecule has 7 nitrogen and oxygen atoms in total.